The molecule has 0 N–H and O–H groups in total. The molecular formula is C23H30FN3O. The van der Waals surface area contributed by atoms with Crippen LogP contribution in [-0.4, -0.2) is 62.2 Å². The summed E-state index contributed by atoms with van der Waals surface area (Å²) in [5.41, 5.74) is 2.27. The zero-order valence-corrected chi connectivity index (χ0v) is 16.7. The van der Waals surface area contributed by atoms with E-state index >= 15 is 0 Å². The Morgan fingerprint density at radius 2 is 1.82 bits per heavy atom. The van der Waals surface area contributed by atoms with Crippen molar-refractivity contribution < 1.29 is 9.13 Å². The average molecular weight is 384 g/mol. The molecule has 0 aromatic heterocycles. The van der Waals surface area contributed by atoms with Crippen LogP contribution in [0.5, 0.6) is 5.75 Å². The Morgan fingerprint density at radius 3 is 2.61 bits per heavy atom. The lowest BCUT2D eigenvalue weighted by Crippen LogP contribution is -2.55. The molecule has 0 unspecified atom stereocenters. The number of para-hydroxylation sites is 2. The summed E-state index contributed by atoms with van der Waals surface area (Å²) in [5, 5.41) is 0. The van der Waals surface area contributed by atoms with Crippen molar-refractivity contribution in [2.75, 3.05) is 51.3 Å². The number of hydrogen-bond acceptors (Lipinski definition) is 4. The van der Waals surface area contributed by atoms with Crippen molar-refractivity contribution in [1.82, 2.24) is 9.80 Å². The molecule has 0 amide bonds. The number of piperazine rings is 1. The van der Waals surface area contributed by atoms with Gasteiger partial charge >= 0.3 is 0 Å². The van der Waals surface area contributed by atoms with Gasteiger partial charge in [0.15, 0.2) is 0 Å². The van der Waals surface area contributed by atoms with E-state index in [9.17, 15) is 4.39 Å². The summed E-state index contributed by atoms with van der Waals surface area (Å²) in [6.07, 6.45) is 2.47. The van der Waals surface area contributed by atoms with Gasteiger partial charge in [0.1, 0.15) is 11.6 Å². The standard InChI is InChI=1S/C23H30FN3O/c1-28-23-10-3-2-9-22(23)27-14-12-26(13-15-27)21-8-5-11-25(18-21)17-19-6-4-7-20(24)16-19/h2-4,6-7,9-10,16,21H,5,8,11-15,17-18H2,1H3/t21-/m1/s1. The van der Waals surface area contributed by atoms with Gasteiger partial charge in [-0.1, -0.05) is 24.3 Å². The van der Waals surface area contributed by atoms with E-state index in [-0.39, 0.29) is 5.82 Å². The molecule has 2 aromatic rings. The lowest BCUT2D eigenvalue weighted by molar-refractivity contribution is 0.0886. The van der Waals surface area contributed by atoms with Gasteiger partial charge in [0.25, 0.3) is 0 Å². The number of ether oxygens (including phenoxy) is 1. The maximum atomic E-state index is 13.5. The molecule has 2 aliphatic rings. The minimum atomic E-state index is -0.140. The molecule has 0 aliphatic carbocycles. The summed E-state index contributed by atoms with van der Waals surface area (Å²) in [6.45, 7) is 7.24. The predicted molar refractivity (Wildman–Crippen MR) is 111 cm³/mol. The molecule has 0 saturated carbocycles. The van der Waals surface area contributed by atoms with Crippen LogP contribution >= 0.6 is 0 Å². The minimum Gasteiger partial charge on any atom is -0.495 e. The van der Waals surface area contributed by atoms with Gasteiger partial charge in [0.05, 0.1) is 12.8 Å². The van der Waals surface area contributed by atoms with E-state index < -0.39 is 0 Å². The molecule has 0 radical (unpaired) electrons. The zero-order chi connectivity index (χ0) is 19.3. The van der Waals surface area contributed by atoms with Crippen LogP contribution < -0.4 is 9.64 Å². The van der Waals surface area contributed by atoms with Gasteiger partial charge in [-0.25, -0.2) is 4.39 Å². The number of piperidine rings is 1. The van der Waals surface area contributed by atoms with E-state index in [1.165, 1.54) is 24.6 Å². The highest BCUT2D eigenvalue weighted by molar-refractivity contribution is 5.58. The number of methoxy groups -OCH3 is 1. The van der Waals surface area contributed by atoms with Crippen molar-refractivity contribution >= 4 is 5.69 Å². The smallest absolute Gasteiger partial charge is 0.142 e. The zero-order valence-electron chi connectivity index (χ0n) is 16.7. The fourth-order valence-corrected chi connectivity index (χ4v) is 4.59. The van der Waals surface area contributed by atoms with E-state index in [0.717, 1.165) is 57.1 Å². The third kappa shape index (κ3) is 4.47. The highest BCUT2D eigenvalue weighted by Gasteiger charge is 2.28. The number of anilines is 1. The molecular weight excluding hydrogens is 353 g/mol. The van der Waals surface area contributed by atoms with Crippen LogP contribution in [0.2, 0.25) is 0 Å². The number of nitrogens with zero attached hydrogens (tertiary/aromatic N) is 3. The first-order valence-corrected chi connectivity index (χ1v) is 10.3. The Kier molecular flexibility index (Phi) is 6.13. The van der Waals surface area contributed by atoms with E-state index in [0.29, 0.717) is 6.04 Å². The summed E-state index contributed by atoms with van der Waals surface area (Å²) >= 11 is 0. The fraction of sp³-hybridized carbons (Fsp3) is 0.478. The Balaban J connectivity index is 1.33. The molecule has 2 aromatic carbocycles. The lowest BCUT2D eigenvalue weighted by Gasteiger charge is -2.44. The van der Waals surface area contributed by atoms with Crippen molar-refractivity contribution in [2.45, 2.75) is 25.4 Å². The molecule has 5 heteroatoms. The Hall–Kier alpha value is -2.11. The highest BCUT2D eigenvalue weighted by Crippen LogP contribution is 2.29. The van der Waals surface area contributed by atoms with Gasteiger partial charge in [-0.3, -0.25) is 9.80 Å². The third-order valence-electron chi connectivity index (χ3n) is 6.03. The normalized spacial score (nSPS) is 21.6. The summed E-state index contributed by atoms with van der Waals surface area (Å²) in [6, 6.07) is 15.9. The molecule has 2 saturated heterocycles. The Labute approximate surface area is 167 Å². The van der Waals surface area contributed by atoms with Crippen molar-refractivity contribution in [1.29, 1.82) is 0 Å². The Morgan fingerprint density at radius 1 is 1.00 bits per heavy atom. The SMILES string of the molecule is COc1ccccc1N1CCN([C@@H]2CCCN(Cc3cccc(F)c3)C2)CC1. The first-order chi connectivity index (χ1) is 13.7. The fourth-order valence-electron chi connectivity index (χ4n) is 4.59. The second-order valence-corrected chi connectivity index (χ2v) is 7.86. The summed E-state index contributed by atoms with van der Waals surface area (Å²) in [7, 11) is 1.74. The molecule has 1 atom stereocenters. The summed E-state index contributed by atoms with van der Waals surface area (Å²) in [4.78, 5) is 7.56. The van der Waals surface area contributed by atoms with Crippen LogP contribution in [0.1, 0.15) is 18.4 Å². The number of hydrogen-bond donors (Lipinski definition) is 0. The maximum absolute atomic E-state index is 13.5. The minimum absolute atomic E-state index is 0.140. The first kappa shape index (κ1) is 19.2. The van der Waals surface area contributed by atoms with Crippen molar-refractivity contribution in [3.63, 3.8) is 0 Å². The van der Waals surface area contributed by atoms with Gasteiger partial charge in [0.2, 0.25) is 0 Å². The van der Waals surface area contributed by atoms with Crippen LogP contribution in [0.25, 0.3) is 0 Å². The van der Waals surface area contributed by atoms with Crippen LogP contribution in [0, 0.1) is 5.82 Å². The molecule has 0 spiro atoms. The highest BCUT2D eigenvalue weighted by atomic mass is 19.1. The molecule has 2 aliphatic heterocycles. The number of likely N-dealkylation sites (tertiary alicyclic amines) is 1. The van der Waals surface area contributed by atoms with Gasteiger partial charge < -0.3 is 9.64 Å². The van der Waals surface area contributed by atoms with Crippen LogP contribution in [-0.2, 0) is 6.54 Å². The molecule has 4 nitrogen and oxygen atoms in total. The maximum Gasteiger partial charge on any atom is 0.142 e. The van der Waals surface area contributed by atoms with Crippen molar-refractivity contribution in [2.24, 2.45) is 0 Å². The average Bonchev–Trinajstić information content (AvgIpc) is 2.74. The van der Waals surface area contributed by atoms with Gasteiger partial charge in [-0.15, -0.1) is 0 Å². The second kappa shape index (κ2) is 8.93. The lowest BCUT2D eigenvalue weighted by atomic mass is 10.0. The molecule has 150 valence electrons. The van der Waals surface area contributed by atoms with Crippen molar-refractivity contribution in [3.05, 3.63) is 59.9 Å². The van der Waals surface area contributed by atoms with Gasteiger partial charge in [-0.05, 0) is 49.2 Å². The first-order valence-electron chi connectivity index (χ1n) is 10.3. The molecule has 2 heterocycles. The predicted octanol–water partition coefficient (Wildman–Crippen LogP) is 3.62. The number of benzene rings is 2. The largest absolute Gasteiger partial charge is 0.495 e. The van der Waals surface area contributed by atoms with Crippen molar-refractivity contribution in [3.8, 4) is 5.75 Å². The van der Waals surface area contributed by atoms with E-state index in [4.69, 9.17) is 4.74 Å². The van der Waals surface area contributed by atoms with E-state index in [1.54, 1.807) is 13.2 Å². The van der Waals surface area contributed by atoms with Crippen LogP contribution in [0.15, 0.2) is 48.5 Å². The monoisotopic (exact) mass is 383 g/mol. The summed E-state index contributed by atoms with van der Waals surface area (Å²) < 4.78 is 19.0. The number of halogens is 1. The summed E-state index contributed by atoms with van der Waals surface area (Å²) in [5.74, 6) is 0.813. The van der Waals surface area contributed by atoms with E-state index in [1.807, 2.05) is 24.3 Å². The molecule has 2 fully saturated rings. The third-order valence-corrected chi connectivity index (χ3v) is 6.03. The van der Waals surface area contributed by atoms with Gasteiger partial charge in [0, 0.05) is 45.3 Å². The molecule has 4 rings (SSSR count). The molecule has 28 heavy (non-hydrogen) atoms. The van der Waals surface area contributed by atoms with Gasteiger partial charge in [-0.2, -0.15) is 0 Å². The Bertz CT molecular complexity index is 776. The van der Waals surface area contributed by atoms with Crippen LogP contribution in [0.4, 0.5) is 10.1 Å². The molecule has 0 bridgehead atoms. The quantitative estimate of drug-likeness (QED) is 0.785. The topological polar surface area (TPSA) is 19.0 Å². The second-order valence-electron chi connectivity index (χ2n) is 7.86. The van der Waals surface area contributed by atoms with E-state index in [2.05, 4.69) is 26.8 Å². The number of rotatable bonds is 5. The van der Waals surface area contributed by atoms with Crippen LogP contribution in [0.3, 0.4) is 0 Å².